The fourth-order valence-electron chi connectivity index (χ4n) is 1.65. The van der Waals surface area contributed by atoms with Crippen LogP contribution in [0.1, 0.15) is 6.92 Å². The monoisotopic (exact) mass is 198 g/mol. The summed E-state index contributed by atoms with van der Waals surface area (Å²) in [6.07, 6.45) is 2.08. The van der Waals surface area contributed by atoms with E-state index < -0.39 is 0 Å². The number of nitrogens with zero attached hydrogens (tertiary/aromatic N) is 2. The molecule has 0 aromatic carbocycles. The van der Waals surface area contributed by atoms with E-state index in [1.807, 2.05) is 6.92 Å². The zero-order chi connectivity index (χ0) is 9.80. The molecule has 2 rings (SSSR count). The quantitative estimate of drug-likeness (QED) is 0.640. The second-order valence-electron chi connectivity index (χ2n) is 3.70. The fraction of sp³-hybridized carbons (Fsp3) is 0.778. The third-order valence-corrected chi connectivity index (χ3v) is 2.51. The molecule has 2 aliphatic rings. The largest absolute Gasteiger partial charge is 0.379 e. The molecule has 1 fully saturated rings. The minimum Gasteiger partial charge on any atom is -0.379 e. The average Bonchev–Trinajstić information content (AvgIpc) is 2.63. The van der Waals surface area contributed by atoms with E-state index in [1.54, 1.807) is 0 Å². The van der Waals surface area contributed by atoms with Gasteiger partial charge >= 0.3 is 0 Å². The van der Waals surface area contributed by atoms with Crippen molar-refractivity contribution in [2.24, 2.45) is 0 Å². The molecule has 0 spiro atoms. The zero-order valence-corrected chi connectivity index (χ0v) is 8.62. The van der Waals surface area contributed by atoms with Crippen LogP contribution in [0.25, 0.3) is 0 Å². The van der Waals surface area contributed by atoms with Crippen LogP contribution in [-0.4, -0.2) is 49.3 Å². The van der Waals surface area contributed by atoms with Crippen molar-refractivity contribution >= 4 is 0 Å². The van der Waals surface area contributed by atoms with Crippen LogP contribution in [-0.2, 0) is 4.74 Å². The van der Waals surface area contributed by atoms with Gasteiger partial charge in [0, 0.05) is 38.1 Å². The van der Waals surface area contributed by atoms with Crippen molar-refractivity contribution in [3.05, 3.63) is 11.9 Å². The molecule has 0 saturated carbocycles. The van der Waals surface area contributed by atoms with E-state index in [9.17, 15) is 0 Å². The summed E-state index contributed by atoms with van der Waals surface area (Å²) in [5.41, 5.74) is 7.29. The van der Waals surface area contributed by atoms with Crippen LogP contribution in [0.2, 0.25) is 0 Å². The molecule has 5 nitrogen and oxygen atoms in total. The summed E-state index contributed by atoms with van der Waals surface area (Å²) >= 11 is 0. The molecule has 0 atom stereocenters. The van der Waals surface area contributed by atoms with Gasteiger partial charge in [0.05, 0.1) is 13.2 Å². The zero-order valence-electron chi connectivity index (χ0n) is 8.62. The van der Waals surface area contributed by atoms with Gasteiger partial charge in [0.2, 0.25) is 0 Å². The molecule has 0 radical (unpaired) electrons. The summed E-state index contributed by atoms with van der Waals surface area (Å²) in [4.78, 5) is 2.42. The van der Waals surface area contributed by atoms with Crippen molar-refractivity contribution in [1.29, 1.82) is 0 Å². The summed E-state index contributed by atoms with van der Waals surface area (Å²) in [6.45, 7) is 8.00. The van der Waals surface area contributed by atoms with Crippen molar-refractivity contribution in [2.75, 3.05) is 39.4 Å². The van der Waals surface area contributed by atoms with Crippen LogP contribution < -0.4 is 11.0 Å². The Bertz CT molecular complexity index is 213. The van der Waals surface area contributed by atoms with Gasteiger partial charge in [-0.2, -0.15) is 0 Å². The predicted octanol–water partition coefficient (Wildman–Crippen LogP) is -0.495. The Morgan fingerprint density at radius 3 is 2.79 bits per heavy atom. The Balaban J connectivity index is 1.66. The second-order valence-corrected chi connectivity index (χ2v) is 3.70. The Morgan fingerprint density at radius 2 is 2.14 bits per heavy atom. The van der Waals surface area contributed by atoms with Crippen LogP contribution in [0.15, 0.2) is 11.9 Å². The lowest BCUT2D eigenvalue weighted by Gasteiger charge is -2.28. The molecule has 0 unspecified atom stereocenters. The summed E-state index contributed by atoms with van der Waals surface area (Å²) in [5.74, 6) is 0. The van der Waals surface area contributed by atoms with Gasteiger partial charge in [0.15, 0.2) is 0 Å². The van der Waals surface area contributed by atoms with Crippen LogP contribution in [0.4, 0.5) is 0 Å². The van der Waals surface area contributed by atoms with E-state index in [1.165, 1.54) is 0 Å². The van der Waals surface area contributed by atoms with Gasteiger partial charge in [-0.3, -0.25) is 9.91 Å². The first kappa shape index (κ1) is 9.76. The minimum absolute atomic E-state index is 0.876. The highest BCUT2D eigenvalue weighted by molar-refractivity contribution is 4.97. The lowest BCUT2D eigenvalue weighted by Crippen LogP contribution is -2.44. The van der Waals surface area contributed by atoms with Gasteiger partial charge in [-0.05, 0) is 6.92 Å². The van der Waals surface area contributed by atoms with Gasteiger partial charge in [-0.1, -0.05) is 0 Å². The molecule has 2 N–H and O–H groups in total. The first-order valence-corrected chi connectivity index (χ1v) is 5.11. The van der Waals surface area contributed by atoms with Gasteiger partial charge in [0.25, 0.3) is 0 Å². The second kappa shape index (κ2) is 4.63. The van der Waals surface area contributed by atoms with E-state index in [4.69, 9.17) is 4.74 Å². The number of hydrogen-bond acceptors (Lipinski definition) is 5. The molecular weight excluding hydrogens is 180 g/mol. The highest BCUT2D eigenvalue weighted by Gasteiger charge is 2.12. The number of morpholine rings is 1. The lowest BCUT2D eigenvalue weighted by molar-refractivity contribution is 0.0334. The third-order valence-electron chi connectivity index (χ3n) is 2.51. The predicted molar refractivity (Wildman–Crippen MR) is 54.0 cm³/mol. The van der Waals surface area contributed by atoms with E-state index >= 15 is 0 Å². The number of hydrazine groups is 2. The molecule has 0 aliphatic carbocycles. The van der Waals surface area contributed by atoms with Gasteiger partial charge in [-0.15, -0.1) is 5.53 Å². The molecule has 14 heavy (non-hydrogen) atoms. The van der Waals surface area contributed by atoms with Crippen LogP contribution in [0.3, 0.4) is 0 Å². The Morgan fingerprint density at radius 1 is 1.36 bits per heavy atom. The number of ether oxygens (including phenoxy) is 1. The summed E-state index contributed by atoms with van der Waals surface area (Å²) < 4.78 is 5.29. The fourth-order valence-corrected chi connectivity index (χ4v) is 1.65. The van der Waals surface area contributed by atoms with E-state index in [-0.39, 0.29) is 0 Å². The van der Waals surface area contributed by atoms with Crippen LogP contribution in [0, 0.1) is 0 Å². The topological polar surface area (TPSA) is 39.8 Å². The first-order chi connectivity index (χ1) is 6.84. The van der Waals surface area contributed by atoms with Gasteiger partial charge < -0.3 is 10.2 Å². The van der Waals surface area contributed by atoms with Gasteiger partial charge in [-0.25, -0.2) is 0 Å². The molecule has 2 aliphatic heterocycles. The highest BCUT2D eigenvalue weighted by atomic mass is 16.5. The number of rotatable bonds is 3. The molecule has 0 aromatic heterocycles. The average molecular weight is 198 g/mol. The minimum atomic E-state index is 0.876. The maximum atomic E-state index is 5.29. The Kier molecular flexibility index (Phi) is 3.23. The third kappa shape index (κ3) is 2.60. The smallest absolute Gasteiger partial charge is 0.0594 e. The van der Waals surface area contributed by atoms with E-state index in [0.717, 1.165) is 45.1 Å². The molecule has 1 saturated heterocycles. The Hall–Kier alpha value is -0.780. The van der Waals surface area contributed by atoms with E-state index in [0.29, 0.717) is 0 Å². The summed E-state index contributed by atoms with van der Waals surface area (Å²) in [7, 11) is 0. The van der Waals surface area contributed by atoms with Crippen molar-refractivity contribution in [3.8, 4) is 0 Å². The molecule has 2 heterocycles. The van der Waals surface area contributed by atoms with Gasteiger partial charge in [0.1, 0.15) is 0 Å². The molecule has 5 heteroatoms. The molecule has 80 valence electrons. The van der Waals surface area contributed by atoms with Crippen molar-refractivity contribution < 1.29 is 4.74 Å². The molecular formula is C9H18N4O. The lowest BCUT2D eigenvalue weighted by atomic mass is 10.4. The Labute approximate surface area is 84.6 Å². The maximum absolute atomic E-state index is 5.29. The van der Waals surface area contributed by atoms with Crippen LogP contribution in [0.5, 0.6) is 0 Å². The van der Waals surface area contributed by atoms with Crippen LogP contribution >= 0.6 is 0 Å². The number of hydrogen-bond donors (Lipinski definition) is 2. The van der Waals surface area contributed by atoms with Crippen molar-refractivity contribution in [2.45, 2.75) is 6.92 Å². The summed E-state index contributed by atoms with van der Waals surface area (Å²) in [6, 6.07) is 0. The first-order valence-electron chi connectivity index (χ1n) is 5.11. The van der Waals surface area contributed by atoms with Crippen molar-refractivity contribution in [1.82, 2.24) is 20.9 Å². The molecule has 0 amide bonds. The normalized spacial score (nSPS) is 23.5. The molecule has 0 bridgehead atoms. The number of nitrogens with one attached hydrogen (secondary N) is 2. The molecule has 0 aromatic rings. The SMILES string of the molecule is CC1=CN(CCN2CCOCC2)NN1. The summed E-state index contributed by atoms with van der Waals surface area (Å²) in [5, 5.41) is 2.07. The number of allylic oxidation sites excluding steroid dienone is 1. The maximum Gasteiger partial charge on any atom is 0.0594 e. The van der Waals surface area contributed by atoms with E-state index in [2.05, 4.69) is 27.1 Å². The highest BCUT2D eigenvalue weighted by Crippen LogP contribution is 2.00. The van der Waals surface area contributed by atoms with Crippen molar-refractivity contribution in [3.63, 3.8) is 0 Å². The standard InChI is InChI=1S/C9H18N4O/c1-9-8-13(11-10-9)3-2-12-4-6-14-7-5-12/h8,10-11H,2-7H2,1H3.